The van der Waals surface area contributed by atoms with Crippen molar-refractivity contribution in [2.24, 2.45) is 5.10 Å². The predicted molar refractivity (Wildman–Crippen MR) is 115 cm³/mol. The van der Waals surface area contributed by atoms with Crippen LogP contribution in [0.25, 0.3) is 0 Å². The average molecular weight is 427 g/mol. The molecule has 0 amide bonds. The molecule has 0 spiro atoms. The van der Waals surface area contributed by atoms with Crippen molar-refractivity contribution in [1.82, 2.24) is 9.97 Å². The maximum Gasteiger partial charge on any atom is 0.264 e. The molecule has 1 heterocycles. The number of nitrogens with zero attached hydrogens (tertiary/aromatic N) is 3. The van der Waals surface area contributed by atoms with Gasteiger partial charge in [-0.1, -0.05) is 17.7 Å². The van der Waals surface area contributed by atoms with E-state index in [0.29, 0.717) is 22.8 Å². The maximum absolute atomic E-state index is 12.5. The molecule has 0 saturated heterocycles. The summed E-state index contributed by atoms with van der Waals surface area (Å²) in [5.41, 5.74) is 4.93. The Hall–Kier alpha value is -3.66. The first-order valence-electron chi connectivity index (χ1n) is 8.88. The number of sulfonamides is 1. The van der Waals surface area contributed by atoms with E-state index in [0.717, 1.165) is 5.56 Å². The fraction of sp³-hybridized carbons (Fsp3) is 0.150. The third kappa shape index (κ3) is 5.23. The summed E-state index contributed by atoms with van der Waals surface area (Å²) in [4.78, 5) is 8.39. The van der Waals surface area contributed by atoms with Crippen LogP contribution in [0.5, 0.6) is 11.5 Å². The molecule has 0 atom stereocenters. The van der Waals surface area contributed by atoms with Crippen LogP contribution in [-0.2, 0) is 10.0 Å². The highest BCUT2D eigenvalue weighted by atomic mass is 32.2. The lowest BCUT2D eigenvalue weighted by Crippen LogP contribution is -2.15. The van der Waals surface area contributed by atoms with E-state index in [9.17, 15) is 13.5 Å². The Balaban J connectivity index is 1.76. The zero-order valence-corrected chi connectivity index (χ0v) is 17.4. The lowest BCUT2D eigenvalue weighted by Gasteiger charge is -2.09. The van der Waals surface area contributed by atoms with Crippen molar-refractivity contribution >= 4 is 28.0 Å². The molecule has 30 heavy (non-hydrogen) atoms. The molecule has 9 nitrogen and oxygen atoms in total. The van der Waals surface area contributed by atoms with Gasteiger partial charge in [-0.3, -0.25) is 5.43 Å². The van der Waals surface area contributed by atoms with E-state index in [1.54, 1.807) is 37.3 Å². The molecule has 0 saturated carbocycles. The third-order valence-corrected chi connectivity index (χ3v) is 5.35. The van der Waals surface area contributed by atoms with Gasteiger partial charge in [0.25, 0.3) is 10.0 Å². The number of rotatable bonds is 7. The van der Waals surface area contributed by atoms with Gasteiger partial charge in [-0.25, -0.2) is 18.1 Å². The van der Waals surface area contributed by atoms with E-state index in [2.05, 4.69) is 25.2 Å². The minimum absolute atomic E-state index is 0.0273. The molecule has 0 aliphatic carbocycles. The van der Waals surface area contributed by atoms with Crippen molar-refractivity contribution in [1.29, 1.82) is 0 Å². The number of nitrogens with one attached hydrogen (secondary N) is 2. The summed E-state index contributed by atoms with van der Waals surface area (Å²) in [5.74, 6) is 0.592. The number of phenolic OH excluding ortho intramolecular Hbond substituents is 1. The number of hydrogen-bond acceptors (Lipinski definition) is 8. The summed E-state index contributed by atoms with van der Waals surface area (Å²) in [6, 6.07) is 12.9. The number of benzene rings is 2. The van der Waals surface area contributed by atoms with Crippen LogP contribution in [0.4, 0.5) is 11.8 Å². The van der Waals surface area contributed by atoms with Crippen molar-refractivity contribution in [2.45, 2.75) is 18.7 Å². The Morgan fingerprint density at radius 3 is 2.50 bits per heavy atom. The fourth-order valence-corrected chi connectivity index (χ4v) is 3.46. The van der Waals surface area contributed by atoms with Crippen molar-refractivity contribution in [3.05, 3.63) is 65.4 Å². The van der Waals surface area contributed by atoms with Gasteiger partial charge in [0.15, 0.2) is 17.3 Å². The van der Waals surface area contributed by atoms with Gasteiger partial charge in [-0.15, -0.1) is 0 Å². The molecule has 3 aromatic rings. The Kier molecular flexibility index (Phi) is 6.17. The second kappa shape index (κ2) is 8.78. The van der Waals surface area contributed by atoms with Crippen molar-refractivity contribution in [2.75, 3.05) is 17.3 Å². The molecule has 0 fully saturated rings. The number of aromatic nitrogens is 2. The van der Waals surface area contributed by atoms with E-state index in [-0.39, 0.29) is 16.6 Å². The van der Waals surface area contributed by atoms with Crippen molar-refractivity contribution < 1.29 is 18.3 Å². The summed E-state index contributed by atoms with van der Waals surface area (Å²) in [6.07, 6.45) is 1.51. The van der Waals surface area contributed by atoms with Crippen LogP contribution < -0.4 is 14.9 Å². The maximum atomic E-state index is 12.5. The van der Waals surface area contributed by atoms with Gasteiger partial charge < -0.3 is 9.84 Å². The second-order valence-electron chi connectivity index (χ2n) is 6.44. The Morgan fingerprint density at radius 1 is 1.07 bits per heavy atom. The van der Waals surface area contributed by atoms with E-state index in [1.165, 1.54) is 31.5 Å². The highest BCUT2D eigenvalue weighted by Crippen LogP contribution is 2.25. The number of aryl methyl sites for hydroxylation is 2. The standard InChI is InChI=1S/C20H21N5O4S/c1-13-4-7-16(8-5-13)30(27,28)25-20-22-14(2)10-19(23-20)24-21-12-15-6-9-17(26)18(11-15)29-3/h4-12,26H,1-3H3,(H2,22,23,24,25)/b21-12+. The molecule has 0 aliphatic rings. The zero-order valence-electron chi connectivity index (χ0n) is 16.6. The molecular formula is C20H21N5O4S. The number of hydrazone groups is 1. The van der Waals surface area contributed by atoms with Crippen LogP contribution in [0, 0.1) is 13.8 Å². The van der Waals surface area contributed by atoms with Gasteiger partial charge in [-0.2, -0.15) is 10.1 Å². The molecule has 0 aliphatic heterocycles. The molecule has 3 rings (SSSR count). The molecule has 2 aromatic carbocycles. The number of anilines is 2. The van der Waals surface area contributed by atoms with Crippen LogP contribution in [0.1, 0.15) is 16.8 Å². The first-order valence-corrected chi connectivity index (χ1v) is 10.4. The van der Waals surface area contributed by atoms with Gasteiger partial charge in [0.1, 0.15) is 0 Å². The van der Waals surface area contributed by atoms with E-state index >= 15 is 0 Å². The summed E-state index contributed by atoms with van der Waals surface area (Å²) >= 11 is 0. The van der Waals surface area contributed by atoms with Gasteiger partial charge in [-0.05, 0) is 49.7 Å². The van der Waals surface area contributed by atoms with E-state index in [1.807, 2.05) is 6.92 Å². The highest BCUT2D eigenvalue weighted by Gasteiger charge is 2.16. The SMILES string of the molecule is COc1cc(/C=N/Nc2cc(C)nc(NS(=O)(=O)c3ccc(C)cc3)n2)ccc1O. The van der Waals surface area contributed by atoms with Gasteiger partial charge in [0.05, 0.1) is 18.2 Å². The van der Waals surface area contributed by atoms with Crippen LogP contribution in [-0.4, -0.2) is 36.8 Å². The molecule has 10 heteroatoms. The second-order valence-corrected chi connectivity index (χ2v) is 8.12. The number of methoxy groups -OCH3 is 1. The molecule has 1 aromatic heterocycles. The van der Waals surface area contributed by atoms with Gasteiger partial charge in [0, 0.05) is 11.8 Å². The smallest absolute Gasteiger partial charge is 0.264 e. The topological polar surface area (TPSA) is 126 Å². The zero-order chi connectivity index (χ0) is 21.7. The van der Waals surface area contributed by atoms with Crippen molar-refractivity contribution in [3.8, 4) is 11.5 Å². The average Bonchev–Trinajstić information content (AvgIpc) is 2.69. The molecule has 0 bridgehead atoms. The Bertz CT molecular complexity index is 1180. The number of ether oxygens (including phenoxy) is 1. The fourth-order valence-electron chi connectivity index (χ4n) is 2.52. The van der Waals surface area contributed by atoms with Gasteiger partial charge in [0.2, 0.25) is 5.95 Å². The summed E-state index contributed by atoms with van der Waals surface area (Å²) < 4.78 is 32.5. The van der Waals surface area contributed by atoms with Crippen LogP contribution in [0.15, 0.2) is 58.5 Å². The normalized spacial score (nSPS) is 11.4. The first-order chi connectivity index (χ1) is 14.3. The molecule has 3 N–H and O–H groups in total. The largest absolute Gasteiger partial charge is 0.504 e. The summed E-state index contributed by atoms with van der Waals surface area (Å²) in [5, 5.41) is 13.7. The molecule has 0 radical (unpaired) electrons. The quantitative estimate of drug-likeness (QED) is 0.391. The van der Waals surface area contributed by atoms with Crippen LogP contribution in [0.3, 0.4) is 0 Å². The summed E-state index contributed by atoms with van der Waals surface area (Å²) in [7, 11) is -2.36. The summed E-state index contributed by atoms with van der Waals surface area (Å²) in [6.45, 7) is 3.59. The minimum atomic E-state index is -3.82. The Labute approximate surface area is 174 Å². The van der Waals surface area contributed by atoms with E-state index < -0.39 is 10.0 Å². The third-order valence-electron chi connectivity index (χ3n) is 4.01. The van der Waals surface area contributed by atoms with Crippen LogP contribution >= 0.6 is 0 Å². The minimum Gasteiger partial charge on any atom is -0.504 e. The highest BCUT2D eigenvalue weighted by molar-refractivity contribution is 7.92. The molecule has 156 valence electrons. The number of aromatic hydroxyl groups is 1. The number of hydrogen-bond donors (Lipinski definition) is 3. The van der Waals surface area contributed by atoms with E-state index in [4.69, 9.17) is 4.74 Å². The Morgan fingerprint density at radius 2 is 1.80 bits per heavy atom. The van der Waals surface area contributed by atoms with Crippen LogP contribution in [0.2, 0.25) is 0 Å². The lowest BCUT2D eigenvalue weighted by molar-refractivity contribution is 0.373. The first kappa shape index (κ1) is 21.1. The number of phenols is 1. The molecule has 0 unspecified atom stereocenters. The van der Waals surface area contributed by atoms with Crippen molar-refractivity contribution in [3.63, 3.8) is 0 Å². The van der Waals surface area contributed by atoms with Gasteiger partial charge >= 0.3 is 0 Å². The predicted octanol–water partition coefficient (Wildman–Crippen LogP) is 3.05. The molecular weight excluding hydrogens is 406 g/mol. The lowest BCUT2D eigenvalue weighted by atomic mass is 10.2. The monoisotopic (exact) mass is 427 g/mol.